The van der Waals surface area contributed by atoms with Crippen molar-refractivity contribution < 1.29 is 14.3 Å². The van der Waals surface area contributed by atoms with E-state index in [0.29, 0.717) is 36.3 Å². The number of benzene rings is 3. The van der Waals surface area contributed by atoms with Crippen LogP contribution in [0.2, 0.25) is 5.02 Å². The Bertz CT molecular complexity index is 1300. The van der Waals surface area contributed by atoms with Gasteiger partial charge in [0.15, 0.2) is 11.5 Å². The molecule has 1 fully saturated rings. The van der Waals surface area contributed by atoms with Crippen LogP contribution in [-0.4, -0.2) is 24.7 Å². The summed E-state index contributed by atoms with van der Waals surface area (Å²) in [4.78, 5) is 14.7. The normalized spacial score (nSPS) is 20.0. The van der Waals surface area contributed by atoms with E-state index in [4.69, 9.17) is 21.1 Å². The minimum Gasteiger partial charge on any atom is -0.490 e. The Morgan fingerprint density at radius 1 is 1.03 bits per heavy atom. The van der Waals surface area contributed by atoms with Gasteiger partial charge in [-0.25, -0.2) is 0 Å². The van der Waals surface area contributed by atoms with Crippen molar-refractivity contribution in [3.05, 3.63) is 94.5 Å². The maximum Gasteiger partial charge on any atom is 0.241 e. The monoisotopic (exact) mass is 488 g/mol. The van der Waals surface area contributed by atoms with Gasteiger partial charge in [0.1, 0.15) is 12.3 Å². The summed E-state index contributed by atoms with van der Waals surface area (Å²) >= 11 is 6.10. The Kier molecular flexibility index (Phi) is 5.97. The van der Waals surface area contributed by atoms with Gasteiger partial charge in [0, 0.05) is 16.1 Å². The summed E-state index contributed by atoms with van der Waals surface area (Å²) in [5, 5.41) is 3.95. The van der Waals surface area contributed by atoms with Crippen LogP contribution < -0.4 is 19.7 Å². The number of nitrogens with zero attached hydrogens (tertiary/aromatic N) is 1. The van der Waals surface area contributed by atoms with Crippen LogP contribution in [0.25, 0.3) is 6.08 Å². The highest BCUT2D eigenvalue weighted by molar-refractivity contribution is 6.30. The highest BCUT2D eigenvalue weighted by Crippen LogP contribution is 2.52. The van der Waals surface area contributed by atoms with Crippen LogP contribution in [0, 0.1) is 0 Å². The van der Waals surface area contributed by atoms with E-state index in [2.05, 4.69) is 54.4 Å². The predicted molar refractivity (Wildman–Crippen MR) is 140 cm³/mol. The van der Waals surface area contributed by atoms with Crippen molar-refractivity contribution in [2.75, 3.05) is 18.1 Å². The Morgan fingerprint density at radius 2 is 1.86 bits per heavy atom. The van der Waals surface area contributed by atoms with Gasteiger partial charge in [0.05, 0.1) is 13.2 Å². The number of hydrogen-bond donors (Lipinski definition) is 1. The molecule has 0 unspecified atom stereocenters. The summed E-state index contributed by atoms with van der Waals surface area (Å²) in [6, 6.07) is 21.8. The van der Waals surface area contributed by atoms with Crippen LogP contribution in [0.4, 0.5) is 5.69 Å². The number of halogens is 1. The summed E-state index contributed by atoms with van der Waals surface area (Å²) in [6.07, 6.45) is 4.16. The zero-order valence-corrected chi connectivity index (χ0v) is 20.9. The summed E-state index contributed by atoms with van der Waals surface area (Å²) in [5.41, 5.74) is 3.33. The Morgan fingerprint density at radius 3 is 2.66 bits per heavy atom. The number of nitrogens with one attached hydrogen (secondary N) is 1. The molecular weight excluding hydrogens is 460 g/mol. The van der Waals surface area contributed by atoms with Crippen LogP contribution in [0.3, 0.4) is 0 Å². The largest absolute Gasteiger partial charge is 0.490 e. The van der Waals surface area contributed by atoms with Gasteiger partial charge in [-0.05, 0) is 60.0 Å². The van der Waals surface area contributed by atoms with Crippen LogP contribution in [0.15, 0.2) is 72.8 Å². The number of anilines is 1. The van der Waals surface area contributed by atoms with Crippen LogP contribution in [0.5, 0.6) is 11.5 Å². The maximum atomic E-state index is 12.5. The fourth-order valence-electron chi connectivity index (χ4n) is 5.16. The third-order valence-electron chi connectivity index (χ3n) is 6.95. The molecule has 180 valence electrons. The van der Waals surface area contributed by atoms with E-state index in [1.54, 1.807) is 0 Å². The Hall–Kier alpha value is -3.44. The molecule has 1 saturated heterocycles. The predicted octanol–water partition coefficient (Wildman–Crippen LogP) is 5.95. The summed E-state index contributed by atoms with van der Waals surface area (Å²) in [7, 11) is 0. The first-order valence-corrected chi connectivity index (χ1v) is 12.2. The summed E-state index contributed by atoms with van der Waals surface area (Å²) < 4.78 is 11.9. The minimum atomic E-state index is -0.638. The fourth-order valence-corrected chi connectivity index (χ4v) is 5.37. The molecule has 2 heterocycles. The molecule has 5 nitrogen and oxygen atoms in total. The fraction of sp³-hybridized carbons (Fsp3) is 0.276. The van der Waals surface area contributed by atoms with Crippen LogP contribution in [-0.2, 0) is 16.8 Å². The van der Waals surface area contributed by atoms with E-state index >= 15 is 0 Å². The van der Waals surface area contributed by atoms with Crippen LogP contribution >= 0.6 is 11.6 Å². The van der Waals surface area contributed by atoms with Gasteiger partial charge >= 0.3 is 0 Å². The van der Waals surface area contributed by atoms with Crippen molar-refractivity contribution in [3.8, 4) is 11.5 Å². The lowest BCUT2D eigenvalue weighted by Crippen LogP contribution is -2.58. The lowest BCUT2D eigenvalue weighted by Gasteiger charge is -2.40. The standard InChI is InChI=1S/C29H29ClN2O3/c1-4-34-26-17-20(12-13-25(26)35-19-21-8-7-9-22(30)16-21)14-15-29-28(2,3)23-10-5-6-11-24(23)32(29)18-27(33)31-29/h5-17H,4,18-19H2,1-3H3,(H,31,33)/b15-14+/t29-/m0/s1. The van der Waals surface area contributed by atoms with Gasteiger partial charge in [-0.15, -0.1) is 0 Å². The third kappa shape index (κ3) is 4.04. The number of rotatable bonds is 7. The van der Waals surface area contributed by atoms with E-state index < -0.39 is 5.66 Å². The first-order chi connectivity index (χ1) is 16.8. The molecule has 3 aromatic carbocycles. The molecule has 0 radical (unpaired) electrons. The molecule has 0 aromatic heterocycles. The molecule has 2 aliphatic heterocycles. The number of amides is 1. The van der Waals surface area contributed by atoms with Crippen molar-refractivity contribution in [3.63, 3.8) is 0 Å². The maximum absolute atomic E-state index is 12.5. The highest BCUT2D eigenvalue weighted by Gasteiger charge is 2.59. The molecule has 1 atom stereocenters. The zero-order chi connectivity index (χ0) is 24.6. The van der Waals surface area contributed by atoms with Gasteiger partial charge in [-0.1, -0.05) is 67.9 Å². The Balaban J connectivity index is 1.43. The lowest BCUT2D eigenvalue weighted by molar-refractivity contribution is -0.118. The summed E-state index contributed by atoms with van der Waals surface area (Å²) in [5.74, 6) is 1.37. The molecule has 5 rings (SSSR count). The second-order valence-corrected chi connectivity index (χ2v) is 9.87. The van der Waals surface area contributed by atoms with Gasteiger partial charge in [0.25, 0.3) is 0 Å². The first kappa shape index (κ1) is 23.3. The molecule has 1 amide bonds. The second-order valence-electron chi connectivity index (χ2n) is 9.43. The summed E-state index contributed by atoms with van der Waals surface area (Å²) in [6.45, 7) is 7.57. The number of para-hydroxylation sites is 1. The van der Waals surface area contributed by atoms with Crippen molar-refractivity contribution in [2.45, 2.75) is 38.5 Å². The van der Waals surface area contributed by atoms with E-state index in [1.165, 1.54) is 5.56 Å². The smallest absolute Gasteiger partial charge is 0.241 e. The molecule has 0 bridgehead atoms. The molecular formula is C29H29ClN2O3. The van der Waals surface area contributed by atoms with Crippen molar-refractivity contribution in [1.29, 1.82) is 0 Å². The van der Waals surface area contributed by atoms with Gasteiger partial charge in [0.2, 0.25) is 5.91 Å². The first-order valence-electron chi connectivity index (χ1n) is 11.9. The van der Waals surface area contributed by atoms with Crippen LogP contribution in [0.1, 0.15) is 37.5 Å². The number of carbonyl (C=O) groups is 1. The van der Waals surface area contributed by atoms with Crippen molar-refractivity contribution in [1.82, 2.24) is 5.32 Å². The molecule has 0 spiro atoms. The minimum absolute atomic E-state index is 0.0250. The van der Waals surface area contributed by atoms with E-state index in [9.17, 15) is 4.79 Å². The molecule has 2 aliphatic rings. The molecule has 3 aromatic rings. The van der Waals surface area contributed by atoms with Gasteiger partial charge in [-0.2, -0.15) is 0 Å². The molecule has 1 N–H and O–H groups in total. The lowest BCUT2D eigenvalue weighted by atomic mass is 9.75. The molecule has 6 heteroatoms. The van der Waals surface area contributed by atoms with Crippen molar-refractivity contribution >= 4 is 29.3 Å². The Labute approximate surface area is 211 Å². The highest BCUT2D eigenvalue weighted by atomic mass is 35.5. The number of fused-ring (bicyclic) bond motifs is 3. The van der Waals surface area contributed by atoms with Gasteiger partial charge < -0.3 is 19.7 Å². The molecule has 0 aliphatic carbocycles. The van der Waals surface area contributed by atoms with Gasteiger partial charge in [-0.3, -0.25) is 4.79 Å². The topological polar surface area (TPSA) is 50.8 Å². The number of ether oxygens (including phenoxy) is 2. The number of hydrogen-bond acceptors (Lipinski definition) is 4. The molecule has 35 heavy (non-hydrogen) atoms. The SMILES string of the molecule is CCOc1cc(/C=C/[C@]23NC(=O)CN2c2ccccc2C3(C)C)ccc1OCc1cccc(Cl)c1. The average Bonchev–Trinajstić information content (AvgIpc) is 3.27. The van der Waals surface area contributed by atoms with E-state index in [1.807, 2.05) is 55.5 Å². The zero-order valence-electron chi connectivity index (χ0n) is 20.2. The van der Waals surface area contributed by atoms with Crippen molar-refractivity contribution in [2.24, 2.45) is 0 Å². The van der Waals surface area contributed by atoms with E-state index in [-0.39, 0.29) is 11.3 Å². The molecule has 0 saturated carbocycles. The third-order valence-corrected chi connectivity index (χ3v) is 7.18. The average molecular weight is 489 g/mol. The number of carbonyl (C=O) groups excluding carboxylic acids is 1. The van der Waals surface area contributed by atoms with E-state index in [0.717, 1.165) is 16.8 Å². The quantitative estimate of drug-likeness (QED) is 0.446. The second kappa shape index (κ2) is 8.97.